The normalized spacial score (nSPS) is 15.4. The number of nitrogens with zero attached hydrogens (tertiary/aromatic N) is 2. The molecule has 3 rings (SSSR count). The average molecular weight is 300 g/mol. The molecule has 0 unspecified atom stereocenters. The molecule has 0 saturated heterocycles. The van der Waals surface area contributed by atoms with Crippen LogP contribution < -0.4 is 0 Å². The lowest BCUT2D eigenvalue weighted by Crippen LogP contribution is -1.79. The predicted molar refractivity (Wildman–Crippen MR) is 64.4 cm³/mol. The van der Waals surface area contributed by atoms with Gasteiger partial charge in [0.2, 0.25) is 11.8 Å². The van der Waals surface area contributed by atoms with Crippen LogP contribution in [-0.4, -0.2) is 10.2 Å². The Labute approximate surface area is 106 Å². The zero-order valence-corrected chi connectivity index (χ0v) is 10.6. The molecule has 0 bridgehead atoms. The van der Waals surface area contributed by atoms with E-state index in [0.717, 1.165) is 28.8 Å². The van der Waals surface area contributed by atoms with Crippen LogP contribution in [0.25, 0.3) is 11.5 Å². The van der Waals surface area contributed by atoms with Crippen LogP contribution >= 0.6 is 27.5 Å². The molecule has 0 amide bonds. The van der Waals surface area contributed by atoms with Gasteiger partial charge >= 0.3 is 0 Å². The lowest BCUT2D eigenvalue weighted by Gasteiger charge is -1.99. The topological polar surface area (TPSA) is 38.9 Å². The quantitative estimate of drug-likeness (QED) is 0.840. The monoisotopic (exact) mass is 298 g/mol. The molecule has 1 aliphatic rings. The third kappa shape index (κ3) is 1.87. The van der Waals surface area contributed by atoms with Crippen molar-refractivity contribution in [3.8, 4) is 11.5 Å². The van der Waals surface area contributed by atoms with E-state index >= 15 is 0 Å². The van der Waals surface area contributed by atoms with Gasteiger partial charge in [-0.3, -0.25) is 0 Å². The van der Waals surface area contributed by atoms with E-state index in [1.54, 1.807) is 0 Å². The van der Waals surface area contributed by atoms with Crippen molar-refractivity contribution in [2.24, 2.45) is 0 Å². The molecule has 0 aliphatic heterocycles. The minimum Gasteiger partial charge on any atom is -0.420 e. The minimum absolute atomic E-state index is 0.479. The van der Waals surface area contributed by atoms with E-state index in [2.05, 4.69) is 26.1 Å². The summed E-state index contributed by atoms with van der Waals surface area (Å²) in [5.41, 5.74) is 0.879. The Kier molecular flexibility index (Phi) is 2.48. The van der Waals surface area contributed by atoms with Crippen molar-refractivity contribution < 1.29 is 4.42 Å². The van der Waals surface area contributed by atoms with Gasteiger partial charge in [-0.2, -0.15) is 0 Å². The number of hydrogen-bond acceptors (Lipinski definition) is 3. The van der Waals surface area contributed by atoms with E-state index < -0.39 is 0 Å². The fourth-order valence-electron chi connectivity index (χ4n) is 1.50. The molecule has 0 spiro atoms. The number of hydrogen-bond donors (Lipinski definition) is 0. The summed E-state index contributed by atoms with van der Waals surface area (Å²) in [7, 11) is 0. The summed E-state index contributed by atoms with van der Waals surface area (Å²) in [5.74, 6) is 1.77. The van der Waals surface area contributed by atoms with Crippen LogP contribution in [-0.2, 0) is 0 Å². The molecule has 3 nitrogen and oxygen atoms in total. The van der Waals surface area contributed by atoms with E-state index in [1.165, 1.54) is 0 Å². The van der Waals surface area contributed by atoms with Crippen molar-refractivity contribution >= 4 is 27.5 Å². The molecular weight excluding hydrogens is 291 g/mol. The van der Waals surface area contributed by atoms with Gasteiger partial charge in [-0.15, -0.1) is 10.2 Å². The highest BCUT2D eigenvalue weighted by Crippen LogP contribution is 2.40. The average Bonchev–Trinajstić information content (AvgIpc) is 2.98. The first kappa shape index (κ1) is 10.3. The number of aromatic nitrogens is 2. The molecule has 0 atom stereocenters. The summed E-state index contributed by atoms with van der Waals surface area (Å²) >= 11 is 9.31. The standard InChI is InChI=1S/C11H8BrClN2O/c12-9-5-7(13)3-4-8(9)11-15-14-10(16-11)6-1-2-6/h3-6H,1-2H2. The molecule has 5 heteroatoms. The smallest absolute Gasteiger partial charge is 0.248 e. The molecule has 0 radical (unpaired) electrons. The van der Waals surface area contributed by atoms with E-state index in [-0.39, 0.29) is 0 Å². The van der Waals surface area contributed by atoms with E-state index in [9.17, 15) is 0 Å². The van der Waals surface area contributed by atoms with Gasteiger partial charge < -0.3 is 4.42 Å². The number of halogens is 2. The zero-order valence-electron chi connectivity index (χ0n) is 8.28. The summed E-state index contributed by atoms with van der Waals surface area (Å²) < 4.78 is 6.49. The molecule has 1 aliphatic carbocycles. The molecule has 1 saturated carbocycles. The van der Waals surface area contributed by atoms with Crippen LogP contribution in [0.3, 0.4) is 0 Å². The summed E-state index contributed by atoms with van der Waals surface area (Å²) in [6.07, 6.45) is 2.31. The van der Waals surface area contributed by atoms with Crippen LogP contribution in [0.5, 0.6) is 0 Å². The third-order valence-corrected chi connectivity index (χ3v) is 3.42. The van der Waals surface area contributed by atoms with Gasteiger partial charge in [0, 0.05) is 15.4 Å². The fourth-order valence-corrected chi connectivity index (χ4v) is 2.35. The maximum Gasteiger partial charge on any atom is 0.248 e. The highest BCUT2D eigenvalue weighted by atomic mass is 79.9. The summed E-state index contributed by atoms with van der Waals surface area (Å²) in [5, 5.41) is 8.77. The first-order valence-electron chi connectivity index (χ1n) is 5.03. The molecule has 1 heterocycles. The van der Waals surface area contributed by atoms with Crippen LogP contribution in [0.15, 0.2) is 27.1 Å². The lowest BCUT2D eigenvalue weighted by atomic mass is 10.2. The minimum atomic E-state index is 0.479. The molecule has 1 fully saturated rings. The Hall–Kier alpha value is -0.870. The second-order valence-corrected chi connectivity index (χ2v) is 5.13. The first-order chi connectivity index (χ1) is 7.74. The lowest BCUT2D eigenvalue weighted by molar-refractivity contribution is 0.508. The van der Waals surface area contributed by atoms with Crippen LogP contribution in [0.4, 0.5) is 0 Å². The Morgan fingerprint density at radius 2 is 2.12 bits per heavy atom. The zero-order chi connectivity index (χ0) is 11.1. The van der Waals surface area contributed by atoms with Gasteiger partial charge in [0.25, 0.3) is 0 Å². The van der Waals surface area contributed by atoms with Crippen molar-refractivity contribution in [1.29, 1.82) is 0 Å². The summed E-state index contributed by atoms with van der Waals surface area (Å²) in [6, 6.07) is 5.50. The van der Waals surface area contributed by atoms with Gasteiger partial charge in [0.1, 0.15) is 0 Å². The second-order valence-electron chi connectivity index (χ2n) is 3.84. The van der Waals surface area contributed by atoms with Gasteiger partial charge in [-0.25, -0.2) is 0 Å². The van der Waals surface area contributed by atoms with Gasteiger partial charge in [0.05, 0.1) is 5.56 Å². The van der Waals surface area contributed by atoms with Crippen molar-refractivity contribution in [2.75, 3.05) is 0 Å². The van der Waals surface area contributed by atoms with Gasteiger partial charge in [-0.1, -0.05) is 11.6 Å². The largest absolute Gasteiger partial charge is 0.420 e. The maximum absolute atomic E-state index is 5.87. The van der Waals surface area contributed by atoms with E-state index in [4.69, 9.17) is 16.0 Å². The summed E-state index contributed by atoms with van der Waals surface area (Å²) in [6.45, 7) is 0. The summed E-state index contributed by atoms with van der Waals surface area (Å²) in [4.78, 5) is 0. The number of benzene rings is 1. The molecule has 1 aromatic carbocycles. The highest BCUT2D eigenvalue weighted by molar-refractivity contribution is 9.10. The Morgan fingerprint density at radius 1 is 1.31 bits per heavy atom. The SMILES string of the molecule is Clc1ccc(-c2nnc(C3CC3)o2)c(Br)c1. The predicted octanol–water partition coefficient (Wildman–Crippen LogP) is 4.03. The Balaban J connectivity index is 2.00. The second kappa shape index (κ2) is 3.86. The first-order valence-corrected chi connectivity index (χ1v) is 6.20. The highest BCUT2D eigenvalue weighted by Gasteiger charge is 2.29. The van der Waals surface area contributed by atoms with Crippen LogP contribution in [0, 0.1) is 0 Å². The van der Waals surface area contributed by atoms with E-state index in [1.807, 2.05) is 18.2 Å². The van der Waals surface area contributed by atoms with Gasteiger partial charge in [-0.05, 0) is 47.0 Å². The van der Waals surface area contributed by atoms with Crippen molar-refractivity contribution in [3.63, 3.8) is 0 Å². The molecule has 1 aromatic heterocycles. The number of rotatable bonds is 2. The maximum atomic E-state index is 5.87. The van der Waals surface area contributed by atoms with E-state index in [0.29, 0.717) is 16.8 Å². The van der Waals surface area contributed by atoms with Gasteiger partial charge in [0.15, 0.2) is 0 Å². The Bertz CT molecular complexity index is 537. The van der Waals surface area contributed by atoms with Crippen molar-refractivity contribution in [3.05, 3.63) is 33.6 Å². The molecule has 16 heavy (non-hydrogen) atoms. The van der Waals surface area contributed by atoms with Crippen molar-refractivity contribution in [1.82, 2.24) is 10.2 Å². The fraction of sp³-hybridized carbons (Fsp3) is 0.273. The molecule has 82 valence electrons. The third-order valence-electron chi connectivity index (χ3n) is 2.53. The molecule has 0 N–H and O–H groups in total. The van der Waals surface area contributed by atoms with Crippen LogP contribution in [0.1, 0.15) is 24.7 Å². The Morgan fingerprint density at radius 3 is 2.81 bits per heavy atom. The molecule has 2 aromatic rings. The van der Waals surface area contributed by atoms with Crippen molar-refractivity contribution in [2.45, 2.75) is 18.8 Å². The van der Waals surface area contributed by atoms with Crippen LogP contribution in [0.2, 0.25) is 5.02 Å². The molecular formula is C11H8BrClN2O.